The molecule has 30 heavy (non-hydrogen) atoms. The van der Waals surface area contributed by atoms with Crippen LogP contribution >= 0.6 is 11.3 Å². The van der Waals surface area contributed by atoms with Crippen LogP contribution in [0.4, 0.5) is 0 Å². The number of fused-ring (bicyclic) bond motifs is 1. The molecule has 7 heteroatoms. The van der Waals surface area contributed by atoms with Crippen LogP contribution in [0.25, 0.3) is 0 Å². The van der Waals surface area contributed by atoms with Crippen molar-refractivity contribution in [1.29, 1.82) is 0 Å². The molecule has 1 saturated carbocycles. The first-order valence-corrected chi connectivity index (χ1v) is 12.1. The second-order valence-electron chi connectivity index (χ2n) is 8.95. The largest absolute Gasteiger partial charge is 0.348 e. The van der Waals surface area contributed by atoms with Crippen molar-refractivity contribution < 1.29 is 9.59 Å². The number of amides is 2. The third kappa shape index (κ3) is 4.77. The van der Waals surface area contributed by atoms with Crippen molar-refractivity contribution in [2.75, 3.05) is 6.54 Å². The average molecular weight is 429 g/mol. The minimum Gasteiger partial charge on any atom is -0.348 e. The highest BCUT2D eigenvalue weighted by molar-refractivity contribution is 7.09. The molecule has 0 saturated heterocycles. The van der Waals surface area contributed by atoms with Gasteiger partial charge in [-0.1, -0.05) is 32.8 Å². The van der Waals surface area contributed by atoms with Crippen LogP contribution in [-0.4, -0.2) is 39.1 Å². The maximum atomic E-state index is 13.0. The van der Waals surface area contributed by atoms with E-state index in [1.54, 1.807) is 11.3 Å². The highest BCUT2D eigenvalue weighted by atomic mass is 32.1. The van der Waals surface area contributed by atoms with Crippen LogP contribution in [0.3, 0.4) is 0 Å². The summed E-state index contributed by atoms with van der Waals surface area (Å²) in [6, 6.07) is 4.36. The van der Waals surface area contributed by atoms with Gasteiger partial charge < -0.3 is 10.2 Å². The molecule has 3 heterocycles. The van der Waals surface area contributed by atoms with Crippen LogP contribution in [0.2, 0.25) is 0 Å². The third-order valence-electron chi connectivity index (χ3n) is 6.10. The number of carbonyl (C=O) groups is 2. The van der Waals surface area contributed by atoms with Crippen LogP contribution in [0.1, 0.15) is 72.6 Å². The Labute approximate surface area is 182 Å². The van der Waals surface area contributed by atoms with Crippen molar-refractivity contribution in [1.82, 2.24) is 20.0 Å². The van der Waals surface area contributed by atoms with Crippen LogP contribution in [-0.2, 0) is 30.7 Å². The molecule has 1 fully saturated rings. The molecule has 162 valence electrons. The fourth-order valence-electron chi connectivity index (χ4n) is 4.55. The van der Waals surface area contributed by atoms with E-state index in [0.717, 1.165) is 43.5 Å². The summed E-state index contributed by atoms with van der Waals surface area (Å²) >= 11 is 1.69. The zero-order valence-electron chi connectivity index (χ0n) is 18.0. The molecule has 2 amide bonds. The van der Waals surface area contributed by atoms with Gasteiger partial charge in [-0.3, -0.25) is 14.3 Å². The molecule has 2 aromatic heterocycles. The van der Waals surface area contributed by atoms with E-state index in [4.69, 9.17) is 5.10 Å². The Bertz CT molecular complexity index is 881. The van der Waals surface area contributed by atoms with Crippen LogP contribution in [0.5, 0.6) is 0 Å². The molecule has 6 nitrogen and oxygen atoms in total. The maximum Gasteiger partial charge on any atom is 0.272 e. The Morgan fingerprint density at radius 2 is 2.10 bits per heavy atom. The number of hydrogen-bond donors (Lipinski definition) is 1. The summed E-state index contributed by atoms with van der Waals surface area (Å²) in [5, 5.41) is 9.95. The molecule has 0 unspecified atom stereocenters. The Kier molecular flexibility index (Phi) is 6.56. The molecule has 1 aliphatic carbocycles. The van der Waals surface area contributed by atoms with Gasteiger partial charge in [0, 0.05) is 54.7 Å². The van der Waals surface area contributed by atoms with Crippen molar-refractivity contribution >= 4 is 23.2 Å². The van der Waals surface area contributed by atoms with E-state index in [1.807, 2.05) is 21.0 Å². The number of aryl methyl sites for hydroxylation is 1. The summed E-state index contributed by atoms with van der Waals surface area (Å²) in [4.78, 5) is 29.0. The minimum absolute atomic E-state index is 0.0754. The van der Waals surface area contributed by atoms with Gasteiger partial charge in [0.1, 0.15) is 0 Å². The fraction of sp³-hybridized carbons (Fsp3) is 0.609. The van der Waals surface area contributed by atoms with E-state index in [2.05, 4.69) is 25.2 Å². The molecule has 0 atom stereocenters. The molecular weight excluding hydrogens is 396 g/mol. The zero-order valence-corrected chi connectivity index (χ0v) is 18.8. The Hall–Kier alpha value is -2.15. The van der Waals surface area contributed by atoms with Gasteiger partial charge in [0.25, 0.3) is 5.91 Å². The first-order valence-electron chi connectivity index (χ1n) is 11.2. The highest BCUT2D eigenvalue weighted by Crippen LogP contribution is 2.26. The molecule has 2 aliphatic rings. The van der Waals surface area contributed by atoms with E-state index in [1.165, 1.54) is 17.7 Å². The Morgan fingerprint density at radius 1 is 1.30 bits per heavy atom. The second kappa shape index (κ2) is 9.33. The van der Waals surface area contributed by atoms with Crippen LogP contribution in [0, 0.1) is 5.92 Å². The lowest BCUT2D eigenvalue weighted by atomic mass is 10.0. The second-order valence-corrected chi connectivity index (χ2v) is 9.98. The SMILES string of the molecule is CC(C)Cn1nc(C(=O)NC2CCCC2)c2c1CCN(C(=O)CCc1cccs1)C2. The van der Waals surface area contributed by atoms with Gasteiger partial charge in [-0.15, -0.1) is 11.3 Å². The lowest BCUT2D eigenvalue weighted by Gasteiger charge is -2.28. The molecule has 4 rings (SSSR count). The lowest BCUT2D eigenvalue weighted by Crippen LogP contribution is -2.38. The van der Waals surface area contributed by atoms with Gasteiger partial charge in [-0.2, -0.15) is 5.10 Å². The number of aromatic nitrogens is 2. The fourth-order valence-corrected chi connectivity index (χ4v) is 5.26. The van der Waals surface area contributed by atoms with Crippen LogP contribution < -0.4 is 5.32 Å². The standard InChI is InChI=1S/C23H32N4O2S/c1-16(2)14-27-20-11-12-26(21(28)10-9-18-8-5-13-30-18)15-19(20)22(25-27)23(29)24-17-6-3-4-7-17/h5,8,13,16-17H,3-4,6-7,9-12,14-15H2,1-2H3,(H,24,29). The number of hydrogen-bond acceptors (Lipinski definition) is 4. The quantitative estimate of drug-likeness (QED) is 0.730. The van der Waals surface area contributed by atoms with E-state index in [0.29, 0.717) is 31.1 Å². The number of nitrogens with one attached hydrogen (secondary N) is 1. The predicted molar refractivity (Wildman–Crippen MR) is 119 cm³/mol. The topological polar surface area (TPSA) is 67.2 Å². The van der Waals surface area contributed by atoms with Gasteiger partial charge in [-0.05, 0) is 36.6 Å². The summed E-state index contributed by atoms with van der Waals surface area (Å²) < 4.78 is 2.01. The number of nitrogens with zero attached hydrogens (tertiary/aromatic N) is 3. The molecule has 0 bridgehead atoms. The highest BCUT2D eigenvalue weighted by Gasteiger charge is 2.31. The maximum absolute atomic E-state index is 13.0. The van der Waals surface area contributed by atoms with Gasteiger partial charge in [-0.25, -0.2) is 0 Å². The van der Waals surface area contributed by atoms with Gasteiger partial charge in [0.15, 0.2) is 5.69 Å². The van der Waals surface area contributed by atoms with Crippen molar-refractivity contribution in [3.05, 3.63) is 39.3 Å². The summed E-state index contributed by atoms with van der Waals surface area (Å²) in [6.07, 6.45) is 6.51. The molecule has 0 aromatic carbocycles. The molecule has 0 spiro atoms. The predicted octanol–water partition coefficient (Wildman–Crippen LogP) is 3.79. The molecule has 2 aromatic rings. The van der Waals surface area contributed by atoms with Crippen molar-refractivity contribution in [2.45, 2.75) is 77.9 Å². The molecule has 1 aliphatic heterocycles. The smallest absolute Gasteiger partial charge is 0.272 e. The number of carbonyl (C=O) groups excluding carboxylic acids is 2. The summed E-state index contributed by atoms with van der Waals surface area (Å²) in [5.41, 5.74) is 2.60. The summed E-state index contributed by atoms with van der Waals surface area (Å²) in [7, 11) is 0. The monoisotopic (exact) mass is 428 g/mol. The summed E-state index contributed by atoms with van der Waals surface area (Å²) in [5.74, 6) is 0.534. The normalized spacial score (nSPS) is 16.8. The van der Waals surface area contributed by atoms with Crippen LogP contribution in [0.15, 0.2) is 17.5 Å². The van der Waals surface area contributed by atoms with Crippen molar-refractivity contribution in [2.24, 2.45) is 5.92 Å². The molecule has 0 radical (unpaired) electrons. The van der Waals surface area contributed by atoms with E-state index in [-0.39, 0.29) is 17.9 Å². The Morgan fingerprint density at radius 3 is 2.80 bits per heavy atom. The lowest BCUT2D eigenvalue weighted by molar-refractivity contribution is -0.132. The van der Waals surface area contributed by atoms with E-state index in [9.17, 15) is 9.59 Å². The zero-order chi connectivity index (χ0) is 21.1. The number of thiophene rings is 1. The first kappa shape index (κ1) is 21.1. The Balaban J connectivity index is 1.50. The average Bonchev–Trinajstić information content (AvgIpc) is 3.47. The van der Waals surface area contributed by atoms with Crippen molar-refractivity contribution in [3.63, 3.8) is 0 Å². The van der Waals surface area contributed by atoms with E-state index >= 15 is 0 Å². The van der Waals surface area contributed by atoms with E-state index < -0.39 is 0 Å². The van der Waals surface area contributed by atoms with Gasteiger partial charge in [0.05, 0.1) is 0 Å². The number of rotatable bonds is 7. The van der Waals surface area contributed by atoms with Gasteiger partial charge in [0.2, 0.25) is 5.91 Å². The molecule has 1 N–H and O–H groups in total. The first-order chi connectivity index (χ1) is 14.5. The van der Waals surface area contributed by atoms with Gasteiger partial charge >= 0.3 is 0 Å². The minimum atomic E-state index is -0.0754. The molecular formula is C23H32N4O2S. The van der Waals surface area contributed by atoms with Crippen molar-refractivity contribution in [3.8, 4) is 0 Å². The summed E-state index contributed by atoms with van der Waals surface area (Å²) in [6.45, 7) is 6.31. The third-order valence-corrected chi connectivity index (χ3v) is 7.03.